The Morgan fingerprint density at radius 3 is 2.82 bits per heavy atom. The van der Waals surface area contributed by atoms with Gasteiger partial charge in [0.1, 0.15) is 0 Å². The van der Waals surface area contributed by atoms with E-state index in [0.717, 1.165) is 5.56 Å². The van der Waals surface area contributed by atoms with Gasteiger partial charge in [-0.25, -0.2) is 0 Å². The summed E-state index contributed by atoms with van der Waals surface area (Å²) < 4.78 is 0. The van der Waals surface area contributed by atoms with E-state index in [2.05, 4.69) is 5.10 Å². The van der Waals surface area contributed by atoms with Gasteiger partial charge in [-0.15, -0.1) is 0 Å². The van der Waals surface area contributed by atoms with E-state index in [-0.39, 0.29) is 0 Å². The number of benzene rings is 1. The van der Waals surface area contributed by atoms with Crippen LogP contribution in [0.4, 0.5) is 0 Å². The average molecular weight is 145 g/mol. The number of hydrogen-bond donors (Lipinski definition) is 1. The Balaban J connectivity index is 3.15. The van der Waals surface area contributed by atoms with E-state index in [1.54, 1.807) is 18.2 Å². The molecule has 0 aliphatic rings. The normalized spacial score (nSPS) is 9.73. The van der Waals surface area contributed by atoms with Crippen molar-refractivity contribution in [2.45, 2.75) is 0 Å². The molecule has 11 heavy (non-hydrogen) atoms. The molecule has 0 spiro atoms. The van der Waals surface area contributed by atoms with E-state index < -0.39 is 0 Å². The molecule has 1 aromatic rings. The lowest BCUT2D eigenvalue weighted by molar-refractivity contribution is 1.26. The maximum atomic E-state index is 8.59. The molecule has 0 aromatic heterocycles. The van der Waals surface area contributed by atoms with Gasteiger partial charge in [-0.05, 0) is 6.07 Å². The lowest BCUT2D eigenvalue weighted by Gasteiger charge is -1.92. The molecule has 54 valence electrons. The van der Waals surface area contributed by atoms with Crippen LogP contribution < -0.4 is 5.84 Å². The highest BCUT2D eigenvalue weighted by Gasteiger charge is 1.94. The Hall–Kier alpha value is -1.82. The molecule has 2 N–H and O–H groups in total. The lowest BCUT2D eigenvalue weighted by atomic mass is 10.1. The predicted molar refractivity (Wildman–Crippen MR) is 42.9 cm³/mol. The fraction of sp³-hybridized carbons (Fsp3) is 0. The van der Waals surface area contributed by atoms with Gasteiger partial charge >= 0.3 is 0 Å². The molecule has 0 amide bonds. The molecule has 1 rings (SSSR count). The smallest absolute Gasteiger partial charge is 0.0998 e. The highest BCUT2D eigenvalue weighted by atomic mass is 15.1. The number of hydrazone groups is 1. The monoisotopic (exact) mass is 145 g/mol. The minimum Gasteiger partial charge on any atom is -0.323 e. The van der Waals surface area contributed by atoms with Crippen LogP contribution in [0.15, 0.2) is 29.4 Å². The first-order valence-corrected chi connectivity index (χ1v) is 3.11. The topological polar surface area (TPSA) is 62.2 Å². The van der Waals surface area contributed by atoms with E-state index >= 15 is 0 Å². The predicted octanol–water partition coefficient (Wildman–Crippen LogP) is 0.851. The fourth-order valence-corrected chi connectivity index (χ4v) is 0.792. The van der Waals surface area contributed by atoms with Crippen molar-refractivity contribution in [3.05, 3.63) is 35.4 Å². The van der Waals surface area contributed by atoms with Crippen molar-refractivity contribution < 1.29 is 0 Å². The minimum atomic E-state index is 0.585. The van der Waals surface area contributed by atoms with Crippen LogP contribution in [0, 0.1) is 11.3 Å². The number of hydrogen-bond acceptors (Lipinski definition) is 3. The van der Waals surface area contributed by atoms with E-state index in [4.69, 9.17) is 11.1 Å². The molecule has 0 aliphatic carbocycles. The zero-order valence-corrected chi connectivity index (χ0v) is 5.86. The van der Waals surface area contributed by atoms with Crippen LogP contribution >= 0.6 is 0 Å². The molecule has 3 nitrogen and oxygen atoms in total. The Labute approximate surface area is 64.8 Å². The highest BCUT2D eigenvalue weighted by Crippen LogP contribution is 2.03. The van der Waals surface area contributed by atoms with E-state index in [1.807, 2.05) is 12.1 Å². The van der Waals surface area contributed by atoms with Crippen molar-refractivity contribution in [3.8, 4) is 6.07 Å². The molecule has 0 radical (unpaired) electrons. The van der Waals surface area contributed by atoms with Crippen molar-refractivity contribution >= 4 is 6.21 Å². The summed E-state index contributed by atoms with van der Waals surface area (Å²) in [5.74, 6) is 4.94. The highest BCUT2D eigenvalue weighted by molar-refractivity contribution is 5.82. The van der Waals surface area contributed by atoms with Crippen molar-refractivity contribution in [1.82, 2.24) is 0 Å². The summed E-state index contributed by atoms with van der Waals surface area (Å²) in [5.41, 5.74) is 1.33. The first kappa shape index (κ1) is 7.29. The maximum absolute atomic E-state index is 8.59. The maximum Gasteiger partial charge on any atom is 0.0998 e. The SMILES string of the molecule is N#Cc1ccccc1/C=N/N. The molecular formula is C8H7N3. The molecule has 0 saturated heterocycles. The van der Waals surface area contributed by atoms with Gasteiger partial charge in [-0.3, -0.25) is 0 Å². The number of nitrogens with two attached hydrogens (primary N) is 1. The summed E-state index contributed by atoms with van der Waals surface area (Å²) in [6.45, 7) is 0. The van der Waals surface area contributed by atoms with Crippen LogP contribution in [0.2, 0.25) is 0 Å². The van der Waals surface area contributed by atoms with E-state index in [9.17, 15) is 0 Å². The molecule has 0 aliphatic heterocycles. The van der Waals surface area contributed by atoms with Crippen LogP contribution in [-0.4, -0.2) is 6.21 Å². The summed E-state index contributed by atoms with van der Waals surface area (Å²) >= 11 is 0. The van der Waals surface area contributed by atoms with Crippen LogP contribution in [-0.2, 0) is 0 Å². The van der Waals surface area contributed by atoms with Crippen molar-refractivity contribution in [3.63, 3.8) is 0 Å². The molecule has 0 unspecified atom stereocenters. The number of rotatable bonds is 1. The summed E-state index contributed by atoms with van der Waals surface area (Å²) in [5, 5.41) is 11.9. The third-order valence-corrected chi connectivity index (χ3v) is 1.29. The number of nitriles is 1. The number of nitrogens with zero attached hydrogens (tertiary/aromatic N) is 2. The Bertz CT molecular complexity index is 309. The molecule has 0 saturated carbocycles. The van der Waals surface area contributed by atoms with Crippen LogP contribution in [0.3, 0.4) is 0 Å². The van der Waals surface area contributed by atoms with Crippen LogP contribution in [0.25, 0.3) is 0 Å². The molecular weight excluding hydrogens is 138 g/mol. The first-order chi connectivity index (χ1) is 5.38. The van der Waals surface area contributed by atoms with Gasteiger partial charge in [0.05, 0.1) is 17.8 Å². The zero-order valence-electron chi connectivity index (χ0n) is 5.86. The summed E-state index contributed by atoms with van der Waals surface area (Å²) in [6.07, 6.45) is 1.46. The van der Waals surface area contributed by atoms with Crippen LogP contribution in [0.1, 0.15) is 11.1 Å². The van der Waals surface area contributed by atoms with Crippen molar-refractivity contribution in [2.75, 3.05) is 0 Å². The standard InChI is InChI=1S/C8H7N3/c9-5-7-3-1-2-4-8(7)6-11-10/h1-4,6H,10H2/b11-6+. The lowest BCUT2D eigenvalue weighted by Crippen LogP contribution is -1.89. The van der Waals surface area contributed by atoms with Gasteiger partial charge in [0.15, 0.2) is 0 Å². The van der Waals surface area contributed by atoms with Gasteiger partial charge in [-0.1, -0.05) is 18.2 Å². The molecule has 1 aromatic carbocycles. The molecule has 3 heteroatoms. The fourth-order valence-electron chi connectivity index (χ4n) is 0.792. The minimum absolute atomic E-state index is 0.585. The zero-order chi connectivity index (χ0) is 8.10. The summed E-state index contributed by atoms with van der Waals surface area (Å²) in [4.78, 5) is 0. The second-order valence-corrected chi connectivity index (χ2v) is 1.98. The largest absolute Gasteiger partial charge is 0.323 e. The quantitative estimate of drug-likeness (QED) is 0.361. The third-order valence-electron chi connectivity index (χ3n) is 1.29. The van der Waals surface area contributed by atoms with Gasteiger partial charge in [-0.2, -0.15) is 10.4 Å². The molecule has 0 fully saturated rings. The molecule has 0 atom stereocenters. The van der Waals surface area contributed by atoms with Crippen molar-refractivity contribution in [1.29, 1.82) is 5.26 Å². The Morgan fingerprint density at radius 1 is 1.45 bits per heavy atom. The van der Waals surface area contributed by atoms with Gasteiger partial charge in [0.2, 0.25) is 0 Å². The van der Waals surface area contributed by atoms with Gasteiger partial charge in [0.25, 0.3) is 0 Å². The van der Waals surface area contributed by atoms with Gasteiger partial charge < -0.3 is 5.84 Å². The third kappa shape index (κ3) is 1.55. The average Bonchev–Trinajstić information content (AvgIpc) is 2.06. The van der Waals surface area contributed by atoms with Gasteiger partial charge in [0, 0.05) is 5.56 Å². The van der Waals surface area contributed by atoms with E-state index in [0.29, 0.717) is 5.56 Å². The second-order valence-electron chi connectivity index (χ2n) is 1.98. The summed E-state index contributed by atoms with van der Waals surface area (Å²) in [6, 6.07) is 9.17. The van der Waals surface area contributed by atoms with E-state index in [1.165, 1.54) is 6.21 Å². The Morgan fingerprint density at radius 2 is 2.18 bits per heavy atom. The van der Waals surface area contributed by atoms with Crippen molar-refractivity contribution in [2.24, 2.45) is 10.9 Å². The molecule has 0 heterocycles. The molecule has 0 bridgehead atoms. The summed E-state index contributed by atoms with van der Waals surface area (Å²) in [7, 11) is 0. The van der Waals surface area contributed by atoms with Crippen LogP contribution in [0.5, 0.6) is 0 Å². The second kappa shape index (κ2) is 3.37. The first-order valence-electron chi connectivity index (χ1n) is 3.11. The Kier molecular flexibility index (Phi) is 2.24.